The van der Waals surface area contributed by atoms with E-state index in [9.17, 15) is 9.59 Å². The Labute approximate surface area is 164 Å². The molecule has 0 radical (unpaired) electrons. The fraction of sp³-hybridized carbons (Fsp3) is 0.600. The molecule has 2 aliphatic heterocycles. The Bertz CT molecular complexity index is 834. The van der Waals surface area contributed by atoms with Crippen LogP contribution < -0.4 is 0 Å². The molecule has 28 heavy (non-hydrogen) atoms. The molecule has 1 saturated heterocycles. The van der Waals surface area contributed by atoms with Gasteiger partial charge in [-0.1, -0.05) is 13.8 Å². The fourth-order valence-corrected chi connectivity index (χ4v) is 4.08. The number of hydrogen-bond donors (Lipinski definition) is 0. The normalized spacial score (nSPS) is 17.8. The second-order valence-corrected chi connectivity index (χ2v) is 8.08. The van der Waals surface area contributed by atoms with Gasteiger partial charge in [-0.15, -0.1) is 10.2 Å². The highest BCUT2D eigenvalue weighted by Crippen LogP contribution is 2.29. The van der Waals surface area contributed by atoms with E-state index >= 15 is 0 Å². The third-order valence-corrected chi connectivity index (χ3v) is 5.60. The van der Waals surface area contributed by atoms with Crippen molar-refractivity contribution < 1.29 is 14.0 Å². The Hall–Kier alpha value is -2.64. The van der Waals surface area contributed by atoms with E-state index in [0.29, 0.717) is 43.7 Å². The summed E-state index contributed by atoms with van der Waals surface area (Å²) in [6, 6.07) is 3.40. The highest BCUT2D eigenvalue weighted by atomic mass is 16.3. The van der Waals surface area contributed by atoms with Crippen LogP contribution in [0, 0.1) is 5.92 Å². The van der Waals surface area contributed by atoms with E-state index < -0.39 is 0 Å². The van der Waals surface area contributed by atoms with E-state index in [1.807, 2.05) is 4.90 Å². The summed E-state index contributed by atoms with van der Waals surface area (Å²) < 4.78 is 7.38. The summed E-state index contributed by atoms with van der Waals surface area (Å²) in [5.74, 6) is 3.01. The van der Waals surface area contributed by atoms with Crippen LogP contribution in [0.1, 0.15) is 61.2 Å². The topological polar surface area (TPSA) is 84.5 Å². The summed E-state index contributed by atoms with van der Waals surface area (Å²) in [5.41, 5.74) is 0. The van der Waals surface area contributed by atoms with Crippen LogP contribution >= 0.6 is 0 Å². The number of aromatic nitrogens is 3. The Morgan fingerprint density at radius 3 is 2.61 bits per heavy atom. The molecule has 0 bridgehead atoms. The molecule has 2 aliphatic rings. The van der Waals surface area contributed by atoms with Crippen molar-refractivity contribution in [1.29, 1.82) is 0 Å². The highest BCUT2D eigenvalue weighted by molar-refractivity contribution is 5.91. The Balaban J connectivity index is 1.39. The molecule has 4 rings (SSSR count). The van der Waals surface area contributed by atoms with Gasteiger partial charge < -0.3 is 18.8 Å². The zero-order valence-electron chi connectivity index (χ0n) is 16.5. The van der Waals surface area contributed by atoms with Gasteiger partial charge in [-0.2, -0.15) is 0 Å². The lowest BCUT2D eigenvalue weighted by Gasteiger charge is -2.33. The van der Waals surface area contributed by atoms with Crippen molar-refractivity contribution in [3.05, 3.63) is 35.8 Å². The Morgan fingerprint density at radius 1 is 1.14 bits per heavy atom. The van der Waals surface area contributed by atoms with Crippen molar-refractivity contribution in [2.45, 2.75) is 52.1 Å². The van der Waals surface area contributed by atoms with E-state index in [-0.39, 0.29) is 11.8 Å². The number of carbonyl (C=O) groups excluding carboxylic acids is 2. The standard InChI is InChI=1S/C20H27N5O3/c1-14(2)12-18(26)23-7-5-15(6-8-23)19-22-21-17-13-24(9-10-25(17)19)20(27)16-4-3-11-28-16/h3-4,11,14-15H,5-10,12-13H2,1-2H3. The molecular weight excluding hydrogens is 358 g/mol. The molecular formula is C20H27N5O3. The Kier molecular flexibility index (Phi) is 5.19. The van der Waals surface area contributed by atoms with Crippen LogP contribution in [0.4, 0.5) is 0 Å². The summed E-state index contributed by atoms with van der Waals surface area (Å²) >= 11 is 0. The number of amides is 2. The van der Waals surface area contributed by atoms with Gasteiger partial charge in [0.1, 0.15) is 5.82 Å². The maximum absolute atomic E-state index is 12.5. The number of piperidine rings is 1. The van der Waals surface area contributed by atoms with E-state index in [4.69, 9.17) is 4.42 Å². The maximum atomic E-state index is 12.5. The zero-order chi connectivity index (χ0) is 19.7. The summed E-state index contributed by atoms with van der Waals surface area (Å²) in [4.78, 5) is 28.5. The third-order valence-electron chi connectivity index (χ3n) is 5.60. The molecule has 0 atom stereocenters. The molecule has 1 fully saturated rings. The monoisotopic (exact) mass is 385 g/mol. The quantitative estimate of drug-likeness (QED) is 0.806. The van der Waals surface area contributed by atoms with Gasteiger partial charge in [0.15, 0.2) is 11.6 Å². The van der Waals surface area contributed by atoms with Crippen LogP contribution in [-0.4, -0.2) is 56.0 Å². The van der Waals surface area contributed by atoms with Crippen molar-refractivity contribution in [1.82, 2.24) is 24.6 Å². The number of rotatable bonds is 4. The minimum absolute atomic E-state index is 0.113. The van der Waals surface area contributed by atoms with Gasteiger partial charge in [-0.3, -0.25) is 9.59 Å². The maximum Gasteiger partial charge on any atom is 0.290 e. The molecule has 8 heteroatoms. The molecule has 4 heterocycles. The molecule has 0 unspecified atom stereocenters. The number of nitrogens with zero attached hydrogens (tertiary/aromatic N) is 5. The zero-order valence-corrected chi connectivity index (χ0v) is 16.5. The highest BCUT2D eigenvalue weighted by Gasteiger charge is 2.31. The van der Waals surface area contributed by atoms with E-state index in [1.165, 1.54) is 6.26 Å². The molecule has 0 N–H and O–H groups in total. The average molecular weight is 385 g/mol. The van der Waals surface area contributed by atoms with Crippen molar-refractivity contribution >= 4 is 11.8 Å². The van der Waals surface area contributed by atoms with Gasteiger partial charge in [0.05, 0.1) is 12.8 Å². The van der Waals surface area contributed by atoms with Crippen molar-refractivity contribution in [2.75, 3.05) is 19.6 Å². The Morgan fingerprint density at radius 2 is 1.93 bits per heavy atom. The largest absolute Gasteiger partial charge is 0.459 e. The summed E-state index contributed by atoms with van der Waals surface area (Å²) in [7, 11) is 0. The minimum Gasteiger partial charge on any atom is -0.459 e. The third kappa shape index (κ3) is 3.68. The number of carbonyl (C=O) groups is 2. The first-order valence-corrected chi connectivity index (χ1v) is 10.1. The lowest BCUT2D eigenvalue weighted by atomic mass is 9.95. The molecule has 0 saturated carbocycles. The first kappa shape index (κ1) is 18.7. The van der Waals surface area contributed by atoms with Gasteiger partial charge in [0.2, 0.25) is 5.91 Å². The van der Waals surface area contributed by atoms with Gasteiger partial charge >= 0.3 is 0 Å². The number of likely N-dealkylation sites (tertiary alicyclic amines) is 1. The van der Waals surface area contributed by atoms with Gasteiger partial charge in [-0.05, 0) is 30.9 Å². The number of fused-ring (bicyclic) bond motifs is 1. The van der Waals surface area contributed by atoms with Crippen molar-refractivity contribution in [3.63, 3.8) is 0 Å². The van der Waals surface area contributed by atoms with Gasteiger partial charge in [0, 0.05) is 38.5 Å². The second kappa shape index (κ2) is 7.77. The molecule has 0 aromatic carbocycles. The van der Waals surface area contributed by atoms with Crippen LogP contribution in [0.3, 0.4) is 0 Å². The van der Waals surface area contributed by atoms with Gasteiger partial charge in [-0.25, -0.2) is 0 Å². The number of furan rings is 1. The van der Waals surface area contributed by atoms with E-state index in [2.05, 4.69) is 28.6 Å². The molecule has 2 amide bonds. The predicted molar refractivity (Wildman–Crippen MR) is 101 cm³/mol. The van der Waals surface area contributed by atoms with Gasteiger partial charge in [0.25, 0.3) is 5.91 Å². The summed E-state index contributed by atoms with van der Waals surface area (Å²) in [6.07, 6.45) is 3.95. The number of hydrogen-bond acceptors (Lipinski definition) is 5. The van der Waals surface area contributed by atoms with Crippen molar-refractivity contribution in [2.24, 2.45) is 5.92 Å². The lowest BCUT2D eigenvalue weighted by Crippen LogP contribution is -2.40. The molecule has 2 aromatic heterocycles. The molecule has 0 aliphatic carbocycles. The first-order valence-electron chi connectivity index (χ1n) is 10.1. The predicted octanol–water partition coefficient (Wildman–Crippen LogP) is 2.28. The van der Waals surface area contributed by atoms with Crippen LogP contribution in [0.15, 0.2) is 22.8 Å². The minimum atomic E-state index is -0.113. The van der Waals surface area contributed by atoms with E-state index in [1.54, 1.807) is 17.0 Å². The first-order chi connectivity index (χ1) is 13.5. The fourth-order valence-electron chi connectivity index (χ4n) is 4.08. The lowest BCUT2D eigenvalue weighted by molar-refractivity contribution is -0.133. The van der Waals surface area contributed by atoms with Crippen LogP contribution in [-0.2, 0) is 17.9 Å². The van der Waals surface area contributed by atoms with E-state index in [0.717, 1.165) is 37.6 Å². The molecule has 0 spiro atoms. The van der Waals surface area contributed by atoms with Crippen LogP contribution in [0.2, 0.25) is 0 Å². The molecule has 2 aromatic rings. The smallest absolute Gasteiger partial charge is 0.290 e. The second-order valence-electron chi connectivity index (χ2n) is 8.08. The average Bonchev–Trinajstić information content (AvgIpc) is 3.36. The van der Waals surface area contributed by atoms with Crippen LogP contribution in [0.5, 0.6) is 0 Å². The SMILES string of the molecule is CC(C)CC(=O)N1CCC(c2nnc3n2CCN(C(=O)c2ccco2)C3)CC1. The van der Waals surface area contributed by atoms with Crippen molar-refractivity contribution in [3.8, 4) is 0 Å². The van der Waals surface area contributed by atoms with Crippen LogP contribution in [0.25, 0.3) is 0 Å². The summed E-state index contributed by atoms with van der Waals surface area (Å²) in [5, 5.41) is 8.79. The molecule has 8 nitrogen and oxygen atoms in total. The molecule has 150 valence electrons. The summed E-state index contributed by atoms with van der Waals surface area (Å²) in [6.45, 7) is 7.46.